The lowest BCUT2D eigenvalue weighted by molar-refractivity contribution is 0.415. The van der Waals surface area contributed by atoms with Gasteiger partial charge in [0.2, 0.25) is 0 Å². The molecule has 0 amide bonds. The SMILES string of the molecule is CCNCc1nc2cc(OC)ccc2n1C. The summed E-state index contributed by atoms with van der Waals surface area (Å²) >= 11 is 0. The van der Waals surface area contributed by atoms with Gasteiger partial charge >= 0.3 is 0 Å². The van der Waals surface area contributed by atoms with Crippen molar-refractivity contribution in [2.24, 2.45) is 7.05 Å². The number of hydrogen-bond acceptors (Lipinski definition) is 3. The van der Waals surface area contributed by atoms with Crippen LogP contribution in [0.25, 0.3) is 11.0 Å². The predicted molar refractivity (Wildman–Crippen MR) is 64.6 cm³/mol. The van der Waals surface area contributed by atoms with E-state index in [-0.39, 0.29) is 0 Å². The average molecular weight is 219 g/mol. The fourth-order valence-electron chi connectivity index (χ4n) is 1.75. The molecule has 0 aliphatic heterocycles. The van der Waals surface area contributed by atoms with Gasteiger partial charge in [-0.2, -0.15) is 0 Å². The number of aryl methyl sites for hydroxylation is 1. The van der Waals surface area contributed by atoms with Crippen molar-refractivity contribution in [3.63, 3.8) is 0 Å². The highest BCUT2D eigenvalue weighted by molar-refractivity contribution is 5.77. The number of nitrogens with zero attached hydrogens (tertiary/aromatic N) is 2. The quantitative estimate of drug-likeness (QED) is 0.850. The van der Waals surface area contributed by atoms with Crippen LogP contribution in [-0.4, -0.2) is 23.2 Å². The third kappa shape index (κ3) is 1.88. The number of methoxy groups -OCH3 is 1. The maximum atomic E-state index is 5.19. The Kier molecular flexibility index (Phi) is 3.10. The Morgan fingerprint density at radius 1 is 1.44 bits per heavy atom. The summed E-state index contributed by atoms with van der Waals surface area (Å²) in [5.74, 6) is 1.89. The number of benzene rings is 1. The second kappa shape index (κ2) is 4.53. The van der Waals surface area contributed by atoms with Gasteiger partial charge in [0.25, 0.3) is 0 Å². The average Bonchev–Trinajstić information content (AvgIpc) is 2.63. The molecule has 0 radical (unpaired) electrons. The van der Waals surface area contributed by atoms with Crippen LogP contribution in [0.2, 0.25) is 0 Å². The van der Waals surface area contributed by atoms with E-state index >= 15 is 0 Å². The van der Waals surface area contributed by atoms with E-state index in [2.05, 4.69) is 21.8 Å². The number of hydrogen-bond donors (Lipinski definition) is 1. The third-order valence-electron chi connectivity index (χ3n) is 2.71. The number of fused-ring (bicyclic) bond motifs is 1. The summed E-state index contributed by atoms with van der Waals surface area (Å²) in [7, 11) is 3.71. The van der Waals surface area contributed by atoms with Crippen molar-refractivity contribution in [3.8, 4) is 5.75 Å². The molecule has 0 saturated carbocycles. The van der Waals surface area contributed by atoms with Crippen LogP contribution in [0, 0.1) is 0 Å². The normalized spacial score (nSPS) is 10.9. The van der Waals surface area contributed by atoms with Crippen molar-refractivity contribution >= 4 is 11.0 Å². The smallest absolute Gasteiger partial charge is 0.123 e. The minimum Gasteiger partial charge on any atom is -0.497 e. The number of aromatic nitrogens is 2. The molecule has 16 heavy (non-hydrogen) atoms. The Bertz CT molecular complexity index is 490. The van der Waals surface area contributed by atoms with Gasteiger partial charge in [0.1, 0.15) is 11.6 Å². The molecule has 0 bridgehead atoms. The molecule has 0 aliphatic carbocycles. The maximum Gasteiger partial charge on any atom is 0.123 e. The Morgan fingerprint density at radius 3 is 2.94 bits per heavy atom. The lowest BCUT2D eigenvalue weighted by Crippen LogP contribution is -2.15. The summed E-state index contributed by atoms with van der Waals surface area (Å²) in [5, 5.41) is 3.28. The number of ether oxygens (including phenoxy) is 1. The molecule has 2 rings (SSSR count). The topological polar surface area (TPSA) is 39.1 Å². The standard InChI is InChI=1S/C12H17N3O/c1-4-13-8-12-14-10-7-9(16-3)5-6-11(10)15(12)2/h5-7,13H,4,8H2,1-3H3. The van der Waals surface area contributed by atoms with Crippen LogP contribution in [0.1, 0.15) is 12.7 Å². The second-order valence-electron chi connectivity index (χ2n) is 3.72. The van der Waals surface area contributed by atoms with Gasteiger partial charge in [-0.25, -0.2) is 4.98 Å². The minimum atomic E-state index is 0.796. The third-order valence-corrected chi connectivity index (χ3v) is 2.71. The molecule has 0 spiro atoms. The van der Waals surface area contributed by atoms with E-state index in [1.54, 1.807) is 7.11 Å². The van der Waals surface area contributed by atoms with E-state index in [1.165, 1.54) is 0 Å². The lowest BCUT2D eigenvalue weighted by Gasteiger charge is -2.02. The highest BCUT2D eigenvalue weighted by atomic mass is 16.5. The Labute approximate surface area is 95.2 Å². The molecule has 4 nitrogen and oxygen atoms in total. The first-order valence-corrected chi connectivity index (χ1v) is 5.46. The molecule has 0 fully saturated rings. The zero-order valence-electron chi connectivity index (χ0n) is 9.95. The van der Waals surface area contributed by atoms with Crippen LogP contribution in [-0.2, 0) is 13.6 Å². The van der Waals surface area contributed by atoms with Crippen LogP contribution in [0.3, 0.4) is 0 Å². The Morgan fingerprint density at radius 2 is 2.25 bits per heavy atom. The summed E-state index contributed by atoms with van der Waals surface area (Å²) in [5.41, 5.74) is 2.11. The van der Waals surface area contributed by atoms with Crippen molar-refractivity contribution < 1.29 is 4.74 Å². The van der Waals surface area contributed by atoms with E-state index in [0.717, 1.165) is 35.7 Å². The van der Waals surface area contributed by atoms with Gasteiger partial charge < -0.3 is 14.6 Å². The van der Waals surface area contributed by atoms with Crippen molar-refractivity contribution in [2.45, 2.75) is 13.5 Å². The van der Waals surface area contributed by atoms with Crippen LogP contribution in [0.5, 0.6) is 5.75 Å². The molecule has 0 atom stereocenters. The predicted octanol–water partition coefficient (Wildman–Crippen LogP) is 1.69. The van der Waals surface area contributed by atoms with E-state index in [4.69, 9.17) is 4.74 Å². The Balaban J connectivity index is 2.41. The summed E-state index contributed by atoms with van der Waals surface area (Å²) < 4.78 is 7.30. The summed E-state index contributed by atoms with van der Waals surface area (Å²) in [6.07, 6.45) is 0. The van der Waals surface area contributed by atoms with Gasteiger partial charge in [0, 0.05) is 13.1 Å². The molecule has 1 aromatic carbocycles. The molecule has 0 unspecified atom stereocenters. The fraction of sp³-hybridized carbons (Fsp3) is 0.417. The van der Waals surface area contributed by atoms with Crippen molar-refractivity contribution in [1.29, 1.82) is 0 Å². The molecule has 2 aromatic rings. The van der Waals surface area contributed by atoms with Crippen LogP contribution in [0.4, 0.5) is 0 Å². The number of imidazole rings is 1. The number of nitrogens with one attached hydrogen (secondary N) is 1. The van der Waals surface area contributed by atoms with Gasteiger partial charge in [0.15, 0.2) is 0 Å². The van der Waals surface area contributed by atoms with Crippen LogP contribution >= 0.6 is 0 Å². The van der Waals surface area contributed by atoms with Crippen molar-refractivity contribution in [2.75, 3.05) is 13.7 Å². The summed E-state index contributed by atoms with van der Waals surface area (Å²) in [6.45, 7) is 3.84. The summed E-state index contributed by atoms with van der Waals surface area (Å²) in [4.78, 5) is 4.58. The molecule has 0 aliphatic rings. The summed E-state index contributed by atoms with van der Waals surface area (Å²) in [6, 6.07) is 5.96. The molecular weight excluding hydrogens is 202 g/mol. The van der Waals surface area contributed by atoms with Gasteiger partial charge in [-0.05, 0) is 18.7 Å². The second-order valence-corrected chi connectivity index (χ2v) is 3.72. The first-order chi connectivity index (χ1) is 7.76. The van der Waals surface area contributed by atoms with Gasteiger partial charge in [-0.15, -0.1) is 0 Å². The van der Waals surface area contributed by atoms with Gasteiger partial charge in [-0.1, -0.05) is 6.92 Å². The monoisotopic (exact) mass is 219 g/mol. The van der Waals surface area contributed by atoms with Crippen LogP contribution < -0.4 is 10.1 Å². The first kappa shape index (κ1) is 11.0. The van der Waals surface area contributed by atoms with Gasteiger partial charge in [0.05, 0.1) is 24.7 Å². The zero-order chi connectivity index (χ0) is 11.5. The van der Waals surface area contributed by atoms with Crippen molar-refractivity contribution in [3.05, 3.63) is 24.0 Å². The van der Waals surface area contributed by atoms with E-state index in [0.29, 0.717) is 0 Å². The molecular formula is C12H17N3O. The van der Waals surface area contributed by atoms with Gasteiger partial charge in [-0.3, -0.25) is 0 Å². The first-order valence-electron chi connectivity index (χ1n) is 5.46. The van der Waals surface area contributed by atoms with E-state index in [1.807, 2.05) is 25.2 Å². The maximum absolute atomic E-state index is 5.19. The molecule has 1 N–H and O–H groups in total. The van der Waals surface area contributed by atoms with E-state index in [9.17, 15) is 0 Å². The lowest BCUT2D eigenvalue weighted by atomic mass is 10.3. The van der Waals surface area contributed by atoms with Crippen LogP contribution in [0.15, 0.2) is 18.2 Å². The molecule has 4 heteroatoms. The number of rotatable bonds is 4. The highest BCUT2D eigenvalue weighted by Gasteiger charge is 2.07. The molecule has 86 valence electrons. The fourth-order valence-corrected chi connectivity index (χ4v) is 1.75. The highest BCUT2D eigenvalue weighted by Crippen LogP contribution is 2.20. The Hall–Kier alpha value is -1.55. The van der Waals surface area contributed by atoms with Crippen molar-refractivity contribution in [1.82, 2.24) is 14.9 Å². The zero-order valence-corrected chi connectivity index (χ0v) is 9.95. The largest absolute Gasteiger partial charge is 0.497 e. The molecule has 1 aromatic heterocycles. The molecule has 1 heterocycles. The van der Waals surface area contributed by atoms with E-state index < -0.39 is 0 Å². The molecule has 0 saturated heterocycles. The minimum absolute atomic E-state index is 0.796.